The van der Waals surface area contributed by atoms with Gasteiger partial charge in [0.05, 0.1) is 6.61 Å². The number of aliphatic hydroxyl groups is 1. The molecule has 26 heavy (non-hydrogen) atoms. The Morgan fingerprint density at radius 1 is 0.654 bits per heavy atom. The van der Waals surface area contributed by atoms with Crippen LogP contribution >= 0.6 is 0 Å². The van der Waals surface area contributed by atoms with E-state index in [0.717, 1.165) is 0 Å². The van der Waals surface area contributed by atoms with Crippen LogP contribution in [0.2, 0.25) is 0 Å². The zero-order chi connectivity index (χ0) is 18.6. The number of hydrogen-bond acceptors (Lipinski definition) is 2. The largest absolute Gasteiger partial charge is 0.395 e. The molecule has 0 heterocycles. The van der Waals surface area contributed by atoms with Crippen molar-refractivity contribution in [2.75, 3.05) is 13.2 Å². The Labute approximate surface area is 149 Å². The molecule has 134 valence electrons. The molecule has 0 amide bonds. The molecule has 3 aromatic carbocycles. The summed E-state index contributed by atoms with van der Waals surface area (Å²) < 4.78 is 44.4. The van der Waals surface area contributed by atoms with Crippen molar-refractivity contribution >= 4 is 0 Å². The van der Waals surface area contributed by atoms with E-state index in [1.807, 2.05) is 0 Å². The van der Waals surface area contributed by atoms with Crippen LogP contribution in [0.3, 0.4) is 0 Å². The molecule has 0 spiro atoms. The van der Waals surface area contributed by atoms with Gasteiger partial charge in [0.2, 0.25) is 0 Å². The fourth-order valence-corrected chi connectivity index (χ4v) is 3.26. The normalized spacial score (nSPS) is 11.5. The smallest absolute Gasteiger partial charge is 0.128 e. The third-order valence-electron chi connectivity index (χ3n) is 4.34. The van der Waals surface area contributed by atoms with E-state index in [4.69, 9.17) is 0 Å². The second-order valence-electron chi connectivity index (χ2n) is 5.84. The monoisotopic (exact) mass is 357 g/mol. The van der Waals surface area contributed by atoms with Crippen molar-refractivity contribution in [3.8, 4) is 0 Å². The highest BCUT2D eigenvalue weighted by Gasteiger charge is 2.41. The molecule has 0 fully saturated rings. The van der Waals surface area contributed by atoms with Crippen molar-refractivity contribution in [3.63, 3.8) is 0 Å². The third-order valence-corrected chi connectivity index (χ3v) is 4.34. The summed E-state index contributed by atoms with van der Waals surface area (Å²) in [5.41, 5.74) is -1.42. The zero-order valence-electron chi connectivity index (χ0n) is 13.9. The number of hydrogen-bond donors (Lipinski definition) is 2. The Hall–Kier alpha value is -2.63. The quantitative estimate of drug-likeness (QED) is 0.654. The Morgan fingerprint density at radius 3 is 1.31 bits per heavy atom. The number of aliphatic hydroxyl groups excluding tert-OH is 1. The standard InChI is InChI=1S/C21H18F3NO/c22-18-10-4-1-7-15(18)21(25-13-14-26,16-8-2-5-11-19(16)23)17-9-3-6-12-20(17)24/h1-12,25-26H,13-14H2. The minimum absolute atomic E-state index is 0.0109. The molecule has 2 N–H and O–H groups in total. The third kappa shape index (κ3) is 3.11. The van der Waals surface area contributed by atoms with Gasteiger partial charge in [0, 0.05) is 23.2 Å². The average molecular weight is 357 g/mol. The molecule has 5 heteroatoms. The summed E-state index contributed by atoms with van der Waals surface area (Å²) in [5, 5.41) is 12.3. The predicted molar refractivity (Wildman–Crippen MR) is 94.2 cm³/mol. The van der Waals surface area contributed by atoms with Crippen molar-refractivity contribution in [1.82, 2.24) is 5.32 Å². The van der Waals surface area contributed by atoms with Crippen molar-refractivity contribution in [2.45, 2.75) is 5.54 Å². The first kappa shape index (κ1) is 18.2. The van der Waals surface area contributed by atoms with E-state index in [1.165, 1.54) is 54.6 Å². The highest BCUT2D eigenvalue weighted by Crippen LogP contribution is 2.40. The van der Waals surface area contributed by atoms with E-state index in [-0.39, 0.29) is 29.8 Å². The van der Waals surface area contributed by atoms with Crippen LogP contribution in [0.25, 0.3) is 0 Å². The van der Waals surface area contributed by atoms with Crippen LogP contribution in [0.5, 0.6) is 0 Å². The van der Waals surface area contributed by atoms with E-state index < -0.39 is 23.0 Å². The molecular formula is C21H18F3NO. The van der Waals surface area contributed by atoms with Crippen LogP contribution in [-0.4, -0.2) is 18.3 Å². The summed E-state index contributed by atoms with van der Waals surface area (Å²) in [5.74, 6) is -1.82. The van der Waals surface area contributed by atoms with Crippen LogP contribution in [-0.2, 0) is 5.54 Å². The maximum atomic E-state index is 14.8. The van der Waals surface area contributed by atoms with Crippen molar-refractivity contribution in [2.24, 2.45) is 0 Å². The van der Waals surface area contributed by atoms with E-state index in [0.29, 0.717) is 0 Å². The van der Waals surface area contributed by atoms with E-state index >= 15 is 0 Å². The Balaban J connectivity index is 2.41. The lowest BCUT2D eigenvalue weighted by Crippen LogP contribution is -2.47. The van der Waals surface area contributed by atoms with Gasteiger partial charge in [-0.3, -0.25) is 5.32 Å². The number of benzene rings is 3. The Morgan fingerprint density at radius 2 is 1.00 bits per heavy atom. The minimum atomic E-state index is -1.63. The van der Waals surface area contributed by atoms with E-state index in [9.17, 15) is 18.3 Å². The van der Waals surface area contributed by atoms with E-state index in [2.05, 4.69) is 5.32 Å². The fraction of sp³-hybridized carbons (Fsp3) is 0.143. The van der Waals surface area contributed by atoms with Crippen LogP contribution in [0.15, 0.2) is 72.8 Å². The Bertz CT molecular complexity index is 787. The lowest BCUT2D eigenvalue weighted by atomic mass is 9.76. The van der Waals surface area contributed by atoms with Gasteiger partial charge in [0.1, 0.15) is 23.0 Å². The van der Waals surface area contributed by atoms with Gasteiger partial charge in [-0.2, -0.15) is 0 Å². The zero-order valence-corrected chi connectivity index (χ0v) is 13.9. The fourth-order valence-electron chi connectivity index (χ4n) is 3.26. The molecule has 0 radical (unpaired) electrons. The van der Waals surface area contributed by atoms with Crippen LogP contribution in [0, 0.1) is 17.5 Å². The molecule has 0 atom stereocenters. The molecular weight excluding hydrogens is 339 g/mol. The van der Waals surface area contributed by atoms with Gasteiger partial charge >= 0.3 is 0 Å². The van der Waals surface area contributed by atoms with E-state index in [1.54, 1.807) is 18.2 Å². The predicted octanol–water partition coefficient (Wildman–Crippen LogP) is 3.98. The molecule has 0 aliphatic heterocycles. The van der Waals surface area contributed by atoms with Crippen LogP contribution in [0.1, 0.15) is 16.7 Å². The summed E-state index contributed by atoms with van der Waals surface area (Å²) in [6.45, 7) is -0.268. The van der Waals surface area contributed by atoms with Gasteiger partial charge in [-0.1, -0.05) is 54.6 Å². The first-order valence-electron chi connectivity index (χ1n) is 8.22. The van der Waals surface area contributed by atoms with Crippen molar-refractivity contribution in [3.05, 3.63) is 107 Å². The summed E-state index contributed by atoms with van der Waals surface area (Å²) in [4.78, 5) is 0. The van der Waals surface area contributed by atoms with Crippen molar-refractivity contribution < 1.29 is 18.3 Å². The van der Waals surface area contributed by atoms with Gasteiger partial charge in [-0.25, -0.2) is 13.2 Å². The van der Waals surface area contributed by atoms with Crippen molar-refractivity contribution in [1.29, 1.82) is 0 Å². The van der Waals surface area contributed by atoms with Crippen LogP contribution in [0.4, 0.5) is 13.2 Å². The van der Waals surface area contributed by atoms with Gasteiger partial charge in [0.25, 0.3) is 0 Å². The lowest BCUT2D eigenvalue weighted by molar-refractivity contribution is 0.273. The maximum Gasteiger partial charge on any atom is 0.128 e. The minimum Gasteiger partial charge on any atom is -0.395 e. The summed E-state index contributed by atoms with van der Waals surface area (Å²) >= 11 is 0. The maximum absolute atomic E-state index is 14.8. The molecule has 0 aliphatic carbocycles. The highest BCUT2D eigenvalue weighted by molar-refractivity contribution is 5.51. The molecule has 0 aromatic heterocycles. The summed E-state index contributed by atoms with van der Waals surface area (Å²) in [6.07, 6.45) is 0. The molecule has 3 aromatic rings. The topological polar surface area (TPSA) is 32.3 Å². The summed E-state index contributed by atoms with van der Waals surface area (Å²) in [6, 6.07) is 17.5. The molecule has 0 bridgehead atoms. The number of rotatable bonds is 6. The first-order valence-corrected chi connectivity index (χ1v) is 8.22. The molecule has 0 aliphatic rings. The SMILES string of the molecule is OCCNC(c1ccccc1F)(c1ccccc1F)c1ccccc1F. The molecule has 2 nitrogen and oxygen atoms in total. The second kappa shape index (κ2) is 7.72. The second-order valence-corrected chi connectivity index (χ2v) is 5.84. The highest BCUT2D eigenvalue weighted by atomic mass is 19.1. The Kier molecular flexibility index (Phi) is 5.40. The number of nitrogens with one attached hydrogen (secondary N) is 1. The van der Waals surface area contributed by atoms with Gasteiger partial charge in [0.15, 0.2) is 0 Å². The molecule has 0 saturated heterocycles. The number of halogens is 3. The molecule has 0 unspecified atom stereocenters. The summed E-state index contributed by atoms with van der Waals surface area (Å²) in [7, 11) is 0. The van der Waals surface area contributed by atoms with Gasteiger partial charge < -0.3 is 5.11 Å². The molecule has 0 saturated carbocycles. The first-order chi connectivity index (χ1) is 12.6. The van der Waals surface area contributed by atoms with Gasteiger partial charge in [-0.05, 0) is 18.2 Å². The average Bonchev–Trinajstić information content (AvgIpc) is 2.65. The molecule has 3 rings (SSSR count). The lowest BCUT2D eigenvalue weighted by Gasteiger charge is -2.37. The van der Waals surface area contributed by atoms with Crippen LogP contribution < -0.4 is 5.32 Å². The van der Waals surface area contributed by atoms with Gasteiger partial charge in [-0.15, -0.1) is 0 Å².